The molecule has 0 spiro atoms. The lowest BCUT2D eigenvalue weighted by molar-refractivity contribution is 0.251. The zero-order chi connectivity index (χ0) is 14.3. The van der Waals surface area contributed by atoms with Crippen molar-refractivity contribution >= 4 is 21.8 Å². The Labute approximate surface area is 115 Å². The average molecular weight is 314 g/mol. The largest absolute Gasteiger partial charge is 0.464 e. The van der Waals surface area contributed by atoms with Crippen LogP contribution in [0.1, 0.15) is 11.5 Å². The van der Waals surface area contributed by atoms with Crippen molar-refractivity contribution in [2.45, 2.75) is 18.1 Å². The van der Waals surface area contributed by atoms with Gasteiger partial charge in [-0.25, -0.2) is 13.1 Å². The normalized spacial score (nSPS) is 12.2. The number of thioether (sulfide) groups is 1. The minimum atomic E-state index is -3.17. The Morgan fingerprint density at radius 2 is 2.00 bits per heavy atom. The Morgan fingerprint density at radius 1 is 1.32 bits per heavy atom. The van der Waals surface area contributed by atoms with Crippen LogP contribution in [0, 0.1) is 0 Å². The molecule has 0 aliphatic rings. The third kappa shape index (κ3) is 8.19. The summed E-state index contributed by atoms with van der Waals surface area (Å²) in [6.45, 7) is 1.16. The molecule has 110 valence electrons. The van der Waals surface area contributed by atoms with Crippen LogP contribution in [0.15, 0.2) is 16.5 Å². The predicted molar refractivity (Wildman–Crippen MR) is 70.6 cm³/mol. The number of alkyl halides is 2. The fraction of sp³-hybridized carbons (Fsp3) is 0.600. The van der Waals surface area contributed by atoms with Crippen molar-refractivity contribution in [2.75, 3.05) is 19.3 Å². The standard InChI is InChI=1S/C10H16F2N2O3S2/c1-19(15,16)14-5-4-13-6-8-2-3-9(17-8)7-18-10(11)12/h2-3,10,13-14H,4-7H2,1H3. The molecule has 0 aliphatic heterocycles. The average Bonchev–Trinajstić information content (AvgIpc) is 2.72. The predicted octanol–water partition coefficient (Wildman–Crippen LogP) is 1.37. The van der Waals surface area contributed by atoms with E-state index in [0.717, 1.165) is 6.26 Å². The summed E-state index contributed by atoms with van der Waals surface area (Å²) in [6, 6.07) is 3.36. The quantitative estimate of drug-likeness (QED) is 0.674. The van der Waals surface area contributed by atoms with Gasteiger partial charge in [-0.2, -0.15) is 8.78 Å². The number of hydrogen-bond acceptors (Lipinski definition) is 5. The second-order valence-corrected chi connectivity index (χ2v) is 6.59. The summed E-state index contributed by atoms with van der Waals surface area (Å²) in [7, 11) is -3.17. The molecule has 0 saturated heterocycles. The van der Waals surface area contributed by atoms with E-state index in [4.69, 9.17) is 4.42 Å². The summed E-state index contributed by atoms with van der Waals surface area (Å²) in [6.07, 6.45) is 1.09. The number of nitrogens with one attached hydrogen (secondary N) is 2. The van der Waals surface area contributed by atoms with E-state index in [0.29, 0.717) is 36.4 Å². The molecule has 0 amide bonds. The maximum absolute atomic E-state index is 12.0. The first-order valence-electron chi connectivity index (χ1n) is 5.49. The molecular weight excluding hydrogens is 298 g/mol. The number of furan rings is 1. The van der Waals surface area contributed by atoms with Gasteiger partial charge in [0.15, 0.2) is 0 Å². The molecule has 1 heterocycles. The van der Waals surface area contributed by atoms with Gasteiger partial charge in [0, 0.05) is 13.1 Å². The van der Waals surface area contributed by atoms with Crippen LogP contribution in [-0.4, -0.2) is 33.5 Å². The van der Waals surface area contributed by atoms with Crippen LogP contribution in [-0.2, 0) is 22.3 Å². The second-order valence-electron chi connectivity index (χ2n) is 3.78. The van der Waals surface area contributed by atoms with Gasteiger partial charge in [-0.15, -0.1) is 0 Å². The smallest absolute Gasteiger partial charge is 0.284 e. The fourth-order valence-corrected chi connectivity index (χ4v) is 2.19. The Balaban J connectivity index is 2.19. The zero-order valence-electron chi connectivity index (χ0n) is 10.4. The molecule has 1 aromatic heterocycles. The third-order valence-electron chi connectivity index (χ3n) is 2.03. The van der Waals surface area contributed by atoms with Gasteiger partial charge < -0.3 is 9.73 Å². The maximum atomic E-state index is 12.0. The van der Waals surface area contributed by atoms with Crippen LogP contribution in [0.25, 0.3) is 0 Å². The van der Waals surface area contributed by atoms with E-state index < -0.39 is 15.8 Å². The van der Waals surface area contributed by atoms with Gasteiger partial charge in [0.25, 0.3) is 5.76 Å². The summed E-state index contributed by atoms with van der Waals surface area (Å²) in [5.74, 6) is -1.15. The van der Waals surface area contributed by atoms with Gasteiger partial charge in [0.1, 0.15) is 11.5 Å². The molecule has 0 radical (unpaired) electrons. The van der Waals surface area contributed by atoms with E-state index >= 15 is 0 Å². The first kappa shape index (κ1) is 16.4. The van der Waals surface area contributed by atoms with E-state index in [1.807, 2.05) is 0 Å². The van der Waals surface area contributed by atoms with Crippen molar-refractivity contribution in [3.05, 3.63) is 23.7 Å². The van der Waals surface area contributed by atoms with E-state index in [2.05, 4.69) is 10.0 Å². The summed E-state index contributed by atoms with van der Waals surface area (Å²) in [5, 5.41) is 2.98. The van der Waals surface area contributed by atoms with E-state index in [1.165, 1.54) is 0 Å². The third-order valence-corrected chi connectivity index (χ3v) is 3.47. The van der Waals surface area contributed by atoms with Crippen LogP contribution in [0.3, 0.4) is 0 Å². The van der Waals surface area contributed by atoms with Crippen LogP contribution >= 0.6 is 11.8 Å². The van der Waals surface area contributed by atoms with Gasteiger partial charge >= 0.3 is 0 Å². The SMILES string of the molecule is CS(=O)(=O)NCCNCc1ccc(CSC(F)F)o1. The molecule has 5 nitrogen and oxygen atoms in total. The van der Waals surface area contributed by atoms with Crippen LogP contribution in [0.2, 0.25) is 0 Å². The lowest BCUT2D eigenvalue weighted by Gasteiger charge is -2.03. The number of sulfonamides is 1. The summed E-state index contributed by atoms with van der Waals surface area (Å²) >= 11 is 0.508. The highest BCUT2D eigenvalue weighted by Crippen LogP contribution is 2.21. The van der Waals surface area contributed by atoms with E-state index in [1.54, 1.807) is 12.1 Å². The first-order valence-corrected chi connectivity index (χ1v) is 8.43. The molecule has 0 saturated carbocycles. The van der Waals surface area contributed by atoms with Crippen LogP contribution in [0.5, 0.6) is 0 Å². The first-order chi connectivity index (χ1) is 8.87. The molecule has 2 N–H and O–H groups in total. The van der Waals surface area contributed by atoms with Crippen molar-refractivity contribution in [2.24, 2.45) is 0 Å². The van der Waals surface area contributed by atoms with Gasteiger partial charge in [-0.05, 0) is 12.1 Å². The summed E-state index contributed by atoms with van der Waals surface area (Å²) < 4.78 is 53.1. The highest BCUT2D eigenvalue weighted by Gasteiger charge is 2.07. The highest BCUT2D eigenvalue weighted by atomic mass is 32.2. The lowest BCUT2D eigenvalue weighted by atomic mass is 10.4. The molecule has 0 fully saturated rings. The van der Waals surface area contributed by atoms with Crippen molar-refractivity contribution in [3.8, 4) is 0 Å². The monoisotopic (exact) mass is 314 g/mol. The van der Waals surface area contributed by atoms with Crippen molar-refractivity contribution < 1.29 is 21.6 Å². The van der Waals surface area contributed by atoms with E-state index in [9.17, 15) is 17.2 Å². The van der Waals surface area contributed by atoms with Crippen LogP contribution < -0.4 is 10.0 Å². The summed E-state index contributed by atoms with van der Waals surface area (Å²) in [4.78, 5) is 0. The maximum Gasteiger partial charge on any atom is 0.284 e. The molecule has 0 aliphatic carbocycles. The van der Waals surface area contributed by atoms with E-state index in [-0.39, 0.29) is 12.3 Å². The number of rotatable bonds is 9. The summed E-state index contributed by atoms with van der Waals surface area (Å²) in [5.41, 5.74) is 0. The molecule has 19 heavy (non-hydrogen) atoms. The second kappa shape index (κ2) is 7.83. The zero-order valence-corrected chi connectivity index (χ0v) is 12.0. The molecular formula is C10H16F2N2O3S2. The van der Waals surface area contributed by atoms with Gasteiger partial charge in [-0.1, -0.05) is 11.8 Å². The Kier molecular flexibility index (Phi) is 6.76. The molecule has 0 bridgehead atoms. The van der Waals surface area contributed by atoms with Crippen molar-refractivity contribution in [1.29, 1.82) is 0 Å². The van der Waals surface area contributed by atoms with Crippen LogP contribution in [0.4, 0.5) is 8.78 Å². The molecule has 0 aromatic carbocycles. The van der Waals surface area contributed by atoms with Crippen molar-refractivity contribution in [3.63, 3.8) is 0 Å². The minimum absolute atomic E-state index is 0.132. The van der Waals surface area contributed by atoms with Gasteiger partial charge in [0.05, 0.1) is 18.6 Å². The van der Waals surface area contributed by atoms with Crippen molar-refractivity contribution in [1.82, 2.24) is 10.0 Å². The lowest BCUT2D eigenvalue weighted by Crippen LogP contribution is -2.30. The fourth-order valence-electron chi connectivity index (χ4n) is 1.28. The highest BCUT2D eigenvalue weighted by molar-refractivity contribution is 7.98. The Hall–Kier alpha value is -0.640. The van der Waals surface area contributed by atoms with Gasteiger partial charge in [0.2, 0.25) is 10.0 Å². The minimum Gasteiger partial charge on any atom is -0.464 e. The molecule has 1 aromatic rings. The number of halogens is 2. The van der Waals surface area contributed by atoms with Gasteiger partial charge in [-0.3, -0.25) is 0 Å². The molecule has 1 rings (SSSR count). The molecule has 9 heteroatoms. The molecule has 0 unspecified atom stereocenters. The topological polar surface area (TPSA) is 71.3 Å². The molecule has 0 atom stereocenters. The Bertz CT molecular complexity index is 477. The Morgan fingerprint density at radius 3 is 2.63 bits per heavy atom. The number of hydrogen-bond donors (Lipinski definition) is 2.